The van der Waals surface area contributed by atoms with Crippen LogP contribution in [0.15, 0.2) is 23.6 Å². The molecule has 4 heteroatoms. The minimum absolute atomic E-state index is 0.157. The maximum Gasteiger partial charge on any atom is 0.131 e. The molecule has 3 nitrogen and oxygen atoms in total. The molecule has 1 aromatic carbocycles. The van der Waals surface area contributed by atoms with Gasteiger partial charge in [0, 0.05) is 17.3 Å². The molecule has 0 spiro atoms. The van der Waals surface area contributed by atoms with Gasteiger partial charge in [0.15, 0.2) is 0 Å². The zero-order valence-electron chi connectivity index (χ0n) is 12.6. The van der Waals surface area contributed by atoms with E-state index in [1.807, 2.05) is 6.07 Å². The monoisotopic (exact) mass is 302 g/mol. The summed E-state index contributed by atoms with van der Waals surface area (Å²) >= 11 is 1.70. The van der Waals surface area contributed by atoms with E-state index in [2.05, 4.69) is 36.3 Å². The summed E-state index contributed by atoms with van der Waals surface area (Å²) in [5.74, 6) is 1.37. The van der Waals surface area contributed by atoms with E-state index in [0.29, 0.717) is 12.5 Å². The molecule has 1 unspecified atom stereocenters. The van der Waals surface area contributed by atoms with Crippen LogP contribution in [0.4, 0.5) is 0 Å². The number of nitrogens with two attached hydrogens (primary N) is 1. The summed E-state index contributed by atoms with van der Waals surface area (Å²) in [4.78, 5) is 4.60. The lowest BCUT2D eigenvalue weighted by Gasteiger charge is -2.22. The highest BCUT2D eigenvalue weighted by atomic mass is 32.1. The van der Waals surface area contributed by atoms with Crippen LogP contribution in [-0.4, -0.2) is 4.98 Å². The van der Waals surface area contributed by atoms with E-state index in [1.54, 1.807) is 11.3 Å². The van der Waals surface area contributed by atoms with Crippen LogP contribution in [0.25, 0.3) is 0 Å². The van der Waals surface area contributed by atoms with Crippen LogP contribution in [0.2, 0.25) is 0 Å². The van der Waals surface area contributed by atoms with Crippen LogP contribution in [0, 0.1) is 0 Å². The Morgan fingerprint density at radius 3 is 3.05 bits per heavy atom. The highest BCUT2D eigenvalue weighted by Gasteiger charge is 2.17. The lowest BCUT2D eigenvalue weighted by atomic mass is 9.88. The van der Waals surface area contributed by atoms with Gasteiger partial charge in [0.05, 0.1) is 10.7 Å². The first-order valence-corrected chi connectivity index (χ1v) is 8.47. The van der Waals surface area contributed by atoms with Crippen molar-refractivity contribution in [1.82, 2.24) is 4.98 Å². The van der Waals surface area contributed by atoms with Crippen LogP contribution in [0.5, 0.6) is 5.75 Å². The quantitative estimate of drug-likeness (QED) is 0.921. The van der Waals surface area contributed by atoms with Gasteiger partial charge in [-0.3, -0.25) is 0 Å². The lowest BCUT2D eigenvalue weighted by molar-refractivity contribution is 0.301. The van der Waals surface area contributed by atoms with Gasteiger partial charge in [-0.05, 0) is 42.5 Å². The molecule has 0 saturated heterocycles. The topological polar surface area (TPSA) is 48.1 Å². The second-order valence-corrected chi connectivity index (χ2v) is 6.87. The predicted molar refractivity (Wildman–Crippen MR) is 86.8 cm³/mol. The third-order valence-electron chi connectivity index (χ3n) is 3.93. The summed E-state index contributed by atoms with van der Waals surface area (Å²) in [6.07, 6.45) is 3.39. The summed E-state index contributed by atoms with van der Waals surface area (Å²) in [6.45, 7) is 4.85. The Kier molecular flexibility index (Phi) is 4.27. The molecule has 112 valence electrons. The molecule has 1 atom stereocenters. The standard InChI is InChI=1S/C17H22N2OS/c1-11(2)17-19-13(10-21-17)9-20-14-7-6-12-4-3-5-16(18)15(12)8-14/h6-8,10-11,16H,3-5,9,18H2,1-2H3. The average Bonchev–Trinajstić information content (AvgIpc) is 2.95. The van der Waals surface area contributed by atoms with E-state index < -0.39 is 0 Å². The molecular formula is C17H22N2OS. The van der Waals surface area contributed by atoms with Crippen molar-refractivity contribution >= 4 is 11.3 Å². The first-order valence-electron chi connectivity index (χ1n) is 7.59. The predicted octanol–water partition coefficient (Wildman–Crippen LogP) is 4.18. The molecule has 0 bridgehead atoms. The fraction of sp³-hybridized carbons (Fsp3) is 0.471. The number of rotatable bonds is 4. The van der Waals surface area contributed by atoms with Crippen molar-refractivity contribution in [2.45, 2.75) is 51.7 Å². The number of ether oxygens (including phenoxy) is 1. The van der Waals surface area contributed by atoms with Gasteiger partial charge in [0.1, 0.15) is 12.4 Å². The number of nitrogens with zero attached hydrogens (tertiary/aromatic N) is 1. The maximum absolute atomic E-state index is 6.19. The van der Waals surface area contributed by atoms with Crippen LogP contribution < -0.4 is 10.5 Å². The first kappa shape index (κ1) is 14.5. The number of aryl methyl sites for hydroxylation is 1. The molecule has 1 aromatic heterocycles. The van der Waals surface area contributed by atoms with Crippen LogP contribution >= 0.6 is 11.3 Å². The summed E-state index contributed by atoms with van der Waals surface area (Å²) in [6, 6.07) is 6.47. The van der Waals surface area contributed by atoms with Gasteiger partial charge >= 0.3 is 0 Å². The van der Waals surface area contributed by atoms with Gasteiger partial charge < -0.3 is 10.5 Å². The van der Waals surface area contributed by atoms with Gasteiger partial charge in [0.2, 0.25) is 0 Å². The zero-order chi connectivity index (χ0) is 14.8. The van der Waals surface area contributed by atoms with Gasteiger partial charge in [-0.1, -0.05) is 19.9 Å². The van der Waals surface area contributed by atoms with Crippen molar-refractivity contribution in [3.8, 4) is 5.75 Å². The molecule has 0 radical (unpaired) electrons. The van der Waals surface area contributed by atoms with Crippen molar-refractivity contribution < 1.29 is 4.74 Å². The molecule has 0 saturated carbocycles. The molecule has 3 rings (SSSR count). The normalized spacial score (nSPS) is 17.8. The molecular weight excluding hydrogens is 280 g/mol. The van der Waals surface area contributed by atoms with Crippen molar-refractivity contribution in [1.29, 1.82) is 0 Å². The van der Waals surface area contributed by atoms with Crippen LogP contribution in [0.1, 0.15) is 60.5 Å². The maximum atomic E-state index is 6.19. The van der Waals surface area contributed by atoms with Gasteiger partial charge in [-0.2, -0.15) is 0 Å². The van der Waals surface area contributed by atoms with Crippen LogP contribution in [-0.2, 0) is 13.0 Å². The number of aromatic nitrogens is 1. The van der Waals surface area contributed by atoms with Gasteiger partial charge in [-0.15, -0.1) is 11.3 Å². The van der Waals surface area contributed by atoms with Gasteiger partial charge in [0.25, 0.3) is 0 Å². The van der Waals surface area contributed by atoms with E-state index in [1.165, 1.54) is 22.6 Å². The highest BCUT2D eigenvalue weighted by molar-refractivity contribution is 7.09. The average molecular weight is 302 g/mol. The Balaban J connectivity index is 1.69. The fourth-order valence-electron chi connectivity index (χ4n) is 2.71. The van der Waals surface area contributed by atoms with E-state index in [0.717, 1.165) is 24.3 Å². The largest absolute Gasteiger partial charge is 0.487 e. The van der Waals surface area contributed by atoms with E-state index >= 15 is 0 Å². The van der Waals surface area contributed by atoms with Crippen molar-refractivity contribution in [2.24, 2.45) is 5.73 Å². The molecule has 2 aromatic rings. The molecule has 1 aliphatic carbocycles. The number of hydrogen-bond acceptors (Lipinski definition) is 4. The summed E-state index contributed by atoms with van der Waals surface area (Å²) in [5, 5.41) is 3.25. The summed E-state index contributed by atoms with van der Waals surface area (Å²) in [7, 11) is 0. The zero-order valence-corrected chi connectivity index (χ0v) is 13.5. The van der Waals surface area contributed by atoms with E-state index in [4.69, 9.17) is 10.5 Å². The fourth-order valence-corrected chi connectivity index (χ4v) is 3.53. The van der Waals surface area contributed by atoms with Crippen molar-refractivity contribution in [2.75, 3.05) is 0 Å². The molecule has 0 aliphatic heterocycles. The molecule has 1 heterocycles. The Hall–Kier alpha value is -1.39. The number of thiazole rings is 1. The lowest BCUT2D eigenvalue weighted by Crippen LogP contribution is -2.17. The highest BCUT2D eigenvalue weighted by Crippen LogP contribution is 2.31. The second kappa shape index (κ2) is 6.16. The number of benzene rings is 1. The van der Waals surface area contributed by atoms with Crippen LogP contribution in [0.3, 0.4) is 0 Å². The van der Waals surface area contributed by atoms with Crippen molar-refractivity contribution in [3.05, 3.63) is 45.4 Å². The molecule has 2 N–H and O–H groups in total. The molecule has 1 aliphatic rings. The SMILES string of the molecule is CC(C)c1nc(COc2ccc3c(c2)C(N)CCC3)cs1. The third-order valence-corrected chi connectivity index (χ3v) is 5.12. The number of fused-ring (bicyclic) bond motifs is 1. The Morgan fingerprint density at radius 2 is 2.29 bits per heavy atom. The summed E-state index contributed by atoms with van der Waals surface area (Å²) < 4.78 is 5.89. The van der Waals surface area contributed by atoms with Crippen molar-refractivity contribution in [3.63, 3.8) is 0 Å². The smallest absolute Gasteiger partial charge is 0.131 e. The summed E-state index contributed by atoms with van der Waals surface area (Å²) in [5.41, 5.74) is 9.82. The van der Waals surface area contributed by atoms with Gasteiger partial charge in [-0.25, -0.2) is 4.98 Å². The molecule has 21 heavy (non-hydrogen) atoms. The minimum Gasteiger partial charge on any atom is -0.487 e. The van der Waals surface area contributed by atoms with E-state index in [-0.39, 0.29) is 6.04 Å². The van der Waals surface area contributed by atoms with E-state index in [9.17, 15) is 0 Å². The Labute approximate surface area is 130 Å². The second-order valence-electron chi connectivity index (χ2n) is 5.98. The number of hydrogen-bond donors (Lipinski definition) is 1. The Morgan fingerprint density at radius 1 is 1.43 bits per heavy atom. The molecule has 0 fully saturated rings. The minimum atomic E-state index is 0.157. The Bertz CT molecular complexity index is 621. The molecule has 0 amide bonds. The third kappa shape index (κ3) is 3.27. The first-order chi connectivity index (χ1) is 10.1.